The molecule has 1 amide bonds. The molecule has 1 atom stereocenters. The van der Waals surface area contributed by atoms with Crippen LogP contribution >= 0.6 is 0 Å². The number of amides is 1. The molecule has 0 aromatic carbocycles. The quantitative estimate of drug-likeness (QED) is 0.0258. The molecule has 1 aliphatic rings. The Hall–Kier alpha value is -5.26. The molecule has 91 heavy (non-hydrogen) atoms. The first kappa shape index (κ1) is 83.8. The molecule has 1 rings (SSSR count). The predicted molar refractivity (Wildman–Crippen MR) is 358 cm³/mol. The average Bonchev–Trinajstić information content (AvgIpc) is 2.40. The number of esters is 7. The van der Waals surface area contributed by atoms with E-state index in [0.717, 1.165) is 96.7 Å². The normalized spacial score (nSPS) is 13.0. The van der Waals surface area contributed by atoms with Crippen molar-refractivity contribution in [3.63, 3.8) is 0 Å². The van der Waals surface area contributed by atoms with Crippen LogP contribution in [0, 0.1) is 5.41 Å². The molecule has 18 nitrogen and oxygen atoms in total. The Morgan fingerprint density at radius 3 is 1.02 bits per heavy atom. The molecule has 0 radical (unpaired) electrons. The van der Waals surface area contributed by atoms with Crippen molar-refractivity contribution in [1.82, 2.24) is 10.2 Å². The van der Waals surface area contributed by atoms with Gasteiger partial charge in [-0.15, -0.1) is 0 Å². The summed E-state index contributed by atoms with van der Waals surface area (Å²) in [4.78, 5) is 106. The molecule has 0 saturated carbocycles. The molecule has 0 aromatic rings. The SMILES string of the molecule is CCCCC/C=C\CCOC(=O)CCCCCCC(=O)OCC(COC(=O)CCCCCCC(=O)OCC/C=C\CCCCC)(COC(=O)CCCCCCC(=O)OCC/C=C\CCCCC)COC(=O)CCC(CCCCCC)OC(=O)NCCN1CCCC1. The lowest BCUT2D eigenvalue weighted by Crippen LogP contribution is -2.44. The van der Waals surface area contributed by atoms with Gasteiger partial charge in [0.15, 0.2) is 0 Å². The molecule has 0 spiro atoms. The monoisotopic (exact) mass is 1290 g/mol. The van der Waals surface area contributed by atoms with E-state index < -0.39 is 67.9 Å². The Morgan fingerprint density at radius 1 is 0.363 bits per heavy atom. The van der Waals surface area contributed by atoms with Gasteiger partial charge < -0.3 is 48.1 Å². The highest BCUT2D eigenvalue weighted by Crippen LogP contribution is 2.25. The molecule has 0 bridgehead atoms. The number of hydrogen-bond donors (Lipinski definition) is 1. The number of carbonyl (C=O) groups is 8. The Bertz CT molecular complexity index is 1810. The van der Waals surface area contributed by atoms with Crippen molar-refractivity contribution in [2.45, 2.75) is 303 Å². The topological polar surface area (TPSA) is 226 Å². The van der Waals surface area contributed by atoms with E-state index in [-0.39, 0.29) is 69.3 Å². The first-order valence-corrected chi connectivity index (χ1v) is 36.1. The Balaban J connectivity index is 3.11. The van der Waals surface area contributed by atoms with Gasteiger partial charge in [0.25, 0.3) is 0 Å². The third-order valence-corrected chi connectivity index (χ3v) is 16.0. The molecule has 18 heteroatoms. The van der Waals surface area contributed by atoms with Crippen molar-refractivity contribution in [2.24, 2.45) is 5.41 Å². The second kappa shape index (κ2) is 60.9. The number of ether oxygens (including phenoxy) is 8. The summed E-state index contributed by atoms with van der Waals surface area (Å²) in [6.45, 7) is 11.2. The van der Waals surface area contributed by atoms with Crippen LogP contribution in [0.5, 0.6) is 0 Å². The second-order valence-electron chi connectivity index (χ2n) is 24.7. The molecule has 1 saturated heterocycles. The fourth-order valence-corrected chi connectivity index (χ4v) is 10.2. The minimum Gasteiger partial charge on any atom is -0.465 e. The smallest absolute Gasteiger partial charge is 0.407 e. The minimum absolute atomic E-state index is 0.0540. The number of likely N-dealkylation sites (tertiary alicyclic amines) is 1. The lowest BCUT2D eigenvalue weighted by atomic mass is 9.92. The van der Waals surface area contributed by atoms with Crippen LogP contribution in [-0.2, 0) is 71.5 Å². The lowest BCUT2D eigenvalue weighted by molar-refractivity contribution is -0.171. The van der Waals surface area contributed by atoms with Crippen molar-refractivity contribution >= 4 is 47.9 Å². The van der Waals surface area contributed by atoms with Gasteiger partial charge in [0, 0.05) is 58.0 Å². The van der Waals surface area contributed by atoms with Crippen LogP contribution in [0.25, 0.3) is 0 Å². The number of rotatable bonds is 62. The van der Waals surface area contributed by atoms with Crippen molar-refractivity contribution in [3.8, 4) is 0 Å². The summed E-state index contributed by atoms with van der Waals surface area (Å²) < 4.78 is 45.5. The maximum absolute atomic E-state index is 13.8. The highest BCUT2D eigenvalue weighted by molar-refractivity contribution is 5.72. The van der Waals surface area contributed by atoms with Crippen LogP contribution < -0.4 is 5.32 Å². The second-order valence-corrected chi connectivity index (χ2v) is 24.7. The zero-order valence-corrected chi connectivity index (χ0v) is 57.5. The molecular weight excluding hydrogens is 1160 g/mol. The number of carbonyl (C=O) groups excluding carboxylic acids is 8. The molecule has 0 aromatic heterocycles. The van der Waals surface area contributed by atoms with Crippen LogP contribution in [-0.4, -0.2) is 131 Å². The first-order valence-electron chi connectivity index (χ1n) is 36.1. The number of unbranched alkanes of at least 4 members (excludes halogenated alkanes) is 21. The lowest BCUT2D eigenvalue weighted by Gasteiger charge is -2.31. The zero-order valence-electron chi connectivity index (χ0n) is 57.5. The van der Waals surface area contributed by atoms with Crippen LogP contribution in [0.2, 0.25) is 0 Å². The van der Waals surface area contributed by atoms with Crippen molar-refractivity contribution in [2.75, 3.05) is 72.4 Å². The molecule has 524 valence electrons. The van der Waals surface area contributed by atoms with Crippen molar-refractivity contribution in [3.05, 3.63) is 36.5 Å². The number of allylic oxidation sites excluding steroid dienone is 3. The molecular formula is C73H126N2O16. The Morgan fingerprint density at radius 2 is 0.670 bits per heavy atom. The fraction of sp³-hybridized carbons (Fsp3) is 0.808. The molecule has 1 fully saturated rings. The van der Waals surface area contributed by atoms with Gasteiger partial charge in [-0.1, -0.05) is 160 Å². The van der Waals surface area contributed by atoms with E-state index in [4.69, 9.17) is 37.9 Å². The van der Waals surface area contributed by atoms with Crippen LogP contribution in [0.4, 0.5) is 4.79 Å². The van der Waals surface area contributed by atoms with Crippen LogP contribution in [0.15, 0.2) is 36.5 Å². The summed E-state index contributed by atoms with van der Waals surface area (Å²) in [6, 6.07) is 0. The highest BCUT2D eigenvalue weighted by atomic mass is 16.6. The summed E-state index contributed by atoms with van der Waals surface area (Å²) in [7, 11) is 0. The zero-order chi connectivity index (χ0) is 66.4. The van der Waals surface area contributed by atoms with E-state index >= 15 is 0 Å². The maximum atomic E-state index is 13.8. The van der Waals surface area contributed by atoms with Gasteiger partial charge in [-0.25, -0.2) is 4.79 Å². The van der Waals surface area contributed by atoms with Gasteiger partial charge in [-0.05, 0) is 142 Å². The number of nitrogens with zero attached hydrogens (tertiary/aromatic N) is 1. The summed E-state index contributed by atoms with van der Waals surface area (Å²) in [5.41, 5.74) is -1.50. The molecule has 0 aliphatic carbocycles. The molecule has 1 N–H and O–H groups in total. The van der Waals surface area contributed by atoms with Gasteiger partial charge in [-0.3, -0.25) is 33.6 Å². The minimum atomic E-state index is -1.50. The third kappa shape index (κ3) is 53.9. The van der Waals surface area contributed by atoms with E-state index in [1.807, 2.05) is 0 Å². The van der Waals surface area contributed by atoms with Gasteiger partial charge >= 0.3 is 47.9 Å². The van der Waals surface area contributed by atoms with Gasteiger partial charge in [-0.2, -0.15) is 0 Å². The third-order valence-electron chi connectivity index (χ3n) is 16.0. The largest absolute Gasteiger partial charge is 0.465 e. The Labute approximate surface area is 549 Å². The van der Waals surface area contributed by atoms with Crippen LogP contribution in [0.3, 0.4) is 0 Å². The number of alkyl carbamates (subject to hydrolysis) is 1. The summed E-state index contributed by atoms with van der Waals surface area (Å²) in [5, 5.41) is 2.86. The first-order chi connectivity index (χ1) is 44.3. The van der Waals surface area contributed by atoms with E-state index in [9.17, 15) is 38.4 Å². The summed E-state index contributed by atoms with van der Waals surface area (Å²) in [6.07, 6.45) is 42.4. The highest BCUT2D eigenvalue weighted by Gasteiger charge is 2.38. The van der Waals surface area contributed by atoms with Crippen molar-refractivity contribution < 1.29 is 76.3 Å². The predicted octanol–water partition coefficient (Wildman–Crippen LogP) is 16.3. The van der Waals surface area contributed by atoms with Crippen molar-refractivity contribution in [1.29, 1.82) is 0 Å². The van der Waals surface area contributed by atoms with Gasteiger partial charge in [0.2, 0.25) is 0 Å². The molecule has 1 heterocycles. The number of hydrogen-bond acceptors (Lipinski definition) is 17. The Kier molecular flexibility index (Phi) is 56.1. The van der Waals surface area contributed by atoms with Gasteiger partial charge in [0.1, 0.15) is 37.9 Å². The average molecular weight is 1290 g/mol. The molecule has 1 aliphatic heterocycles. The summed E-state index contributed by atoms with van der Waals surface area (Å²) in [5.74, 6) is -3.01. The maximum Gasteiger partial charge on any atom is 0.407 e. The standard InChI is InChI=1S/C73H126N2O16/c1-5-9-13-17-20-29-41-57-84-65(76)45-33-23-26-36-48-68(79)87-60-73(61-88-69(80)49-37-27-24-34-46-66(77)85-58-42-30-21-18-14-10-6-2,62-89-70(81)50-38-28-25-35-47-67(78)86-59-43-31-22-19-15-11-7-3)63-90-71(82)52-51-64(44-32-16-12-8-4)91-72(83)74-53-56-75-54-39-40-55-75/h20-22,29-31,64H,5-19,23-28,32-63H2,1-4H3,(H,74,83)/b29-20-,30-21-,31-22-. The van der Waals surface area contributed by atoms with Gasteiger partial charge in [0.05, 0.1) is 19.8 Å². The summed E-state index contributed by atoms with van der Waals surface area (Å²) >= 11 is 0. The van der Waals surface area contributed by atoms with E-state index in [1.54, 1.807) is 0 Å². The van der Waals surface area contributed by atoms with Crippen LogP contribution in [0.1, 0.15) is 297 Å². The number of nitrogens with one attached hydrogen (secondary N) is 1. The fourth-order valence-electron chi connectivity index (χ4n) is 10.2. The van der Waals surface area contributed by atoms with E-state index in [0.29, 0.717) is 129 Å². The van der Waals surface area contributed by atoms with E-state index in [2.05, 4.69) is 74.4 Å². The molecule has 1 unspecified atom stereocenters. The van der Waals surface area contributed by atoms with E-state index in [1.165, 1.54) is 38.5 Å².